The van der Waals surface area contributed by atoms with E-state index in [1.54, 1.807) is 25.3 Å². The second kappa shape index (κ2) is 7.00. The van der Waals surface area contributed by atoms with Gasteiger partial charge in [0.25, 0.3) is 0 Å². The molecule has 21 heavy (non-hydrogen) atoms. The van der Waals surface area contributed by atoms with E-state index in [1.165, 1.54) is 0 Å². The van der Waals surface area contributed by atoms with Gasteiger partial charge in [0, 0.05) is 40.3 Å². The predicted octanol–water partition coefficient (Wildman–Crippen LogP) is 0.0183. The van der Waals surface area contributed by atoms with Crippen LogP contribution in [0.25, 0.3) is 0 Å². The molecule has 7 nitrogen and oxygen atoms in total. The van der Waals surface area contributed by atoms with Crippen molar-refractivity contribution >= 4 is 5.91 Å². The van der Waals surface area contributed by atoms with Gasteiger partial charge in [-0.05, 0) is 19.8 Å². The number of nitrogens with one attached hydrogen (secondary N) is 1. The van der Waals surface area contributed by atoms with Crippen molar-refractivity contribution in [2.24, 2.45) is 7.05 Å². The van der Waals surface area contributed by atoms with Crippen molar-refractivity contribution in [3.8, 4) is 0 Å². The molecule has 1 aromatic rings. The van der Waals surface area contributed by atoms with E-state index >= 15 is 0 Å². The molecule has 1 unspecified atom stereocenters. The summed E-state index contributed by atoms with van der Waals surface area (Å²) in [5, 5.41) is 11.7. The van der Waals surface area contributed by atoms with E-state index in [1.807, 2.05) is 11.6 Å². The average molecular weight is 294 g/mol. The van der Waals surface area contributed by atoms with Gasteiger partial charge in [0.05, 0.1) is 12.6 Å². The Balaban J connectivity index is 1.77. The van der Waals surface area contributed by atoms with Crippen molar-refractivity contribution in [3.63, 3.8) is 0 Å². The minimum Gasteiger partial charge on any atom is -0.348 e. The standard InChI is InChI=1S/C14H26N6O/c1-11(14-17-15-10-19(14)4)16-12-5-7-20(8-6-12)9-13(21)18(2)3/h10-12,16H,5-9H2,1-4H3. The lowest BCUT2D eigenvalue weighted by atomic mass is 10.0. The zero-order valence-corrected chi connectivity index (χ0v) is 13.4. The van der Waals surface area contributed by atoms with Crippen molar-refractivity contribution in [2.75, 3.05) is 33.7 Å². The first-order valence-electron chi connectivity index (χ1n) is 7.50. The summed E-state index contributed by atoms with van der Waals surface area (Å²) in [5.74, 6) is 1.13. The molecule has 0 bridgehead atoms. The monoisotopic (exact) mass is 294 g/mol. The first-order chi connectivity index (χ1) is 9.97. The maximum Gasteiger partial charge on any atom is 0.236 e. The Kier molecular flexibility index (Phi) is 5.30. The summed E-state index contributed by atoms with van der Waals surface area (Å²) in [6, 6.07) is 0.667. The fourth-order valence-corrected chi connectivity index (χ4v) is 2.70. The zero-order chi connectivity index (χ0) is 15.4. The molecule has 0 radical (unpaired) electrons. The van der Waals surface area contributed by atoms with E-state index in [9.17, 15) is 4.79 Å². The molecule has 1 fully saturated rings. The van der Waals surface area contributed by atoms with Crippen LogP contribution in [0, 0.1) is 0 Å². The molecular formula is C14H26N6O. The van der Waals surface area contributed by atoms with Gasteiger partial charge in [-0.2, -0.15) is 0 Å². The van der Waals surface area contributed by atoms with E-state index < -0.39 is 0 Å². The number of nitrogens with zero attached hydrogens (tertiary/aromatic N) is 5. The van der Waals surface area contributed by atoms with Gasteiger partial charge >= 0.3 is 0 Å². The third kappa shape index (κ3) is 4.25. The third-order valence-corrected chi connectivity index (χ3v) is 4.06. The molecule has 1 aliphatic rings. The minimum absolute atomic E-state index is 0.175. The molecule has 1 N–H and O–H groups in total. The summed E-state index contributed by atoms with van der Waals surface area (Å²) in [4.78, 5) is 15.6. The number of hydrogen-bond acceptors (Lipinski definition) is 5. The predicted molar refractivity (Wildman–Crippen MR) is 80.7 cm³/mol. The summed E-state index contributed by atoms with van der Waals surface area (Å²) >= 11 is 0. The normalized spacial score (nSPS) is 18.7. The fourth-order valence-electron chi connectivity index (χ4n) is 2.70. The summed E-state index contributed by atoms with van der Waals surface area (Å²) in [5.41, 5.74) is 0. The molecule has 1 aliphatic heterocycles. The topological polar surface area (TPSA) is 66.3 Å². The number of piperidine rings is 1. The highest BCUT2D eigenvalue weighted by Gasteiger charge is 2.23. The minimum atomic E-state index is 0.175. The number of aryl methyl sites for hydroxylation is 1. The Bertz CT molecular complexity index is 464. The molecule has 1 atom stereocenters. The summed E-state index contributed by atoms with van der Waals surface area (Å²) in [6.45, 7) is 4.57. The molecule has 0 aliphatic carbocycles. The number of likely N-dealkylation sites (N-methyl/N-ethyl adjacent to an activating group) is 1. The van der Waals surface area contributed by atoms with Gasteiger partial charge in [0.2, 0.25) is 5.91 Å². The lowest BCUT2D eigenvalue weighted by molar-refractivity contribution is -0.130. The van der Waals surface area contributed by atoms with Crippen molar-refractivity contribution in [2.45, 2.75) is 31.8 Å². The van der Waals surface area contributed by atoms with Gasteiger partial charge in [0.1, 0.15) is 12.2 Å². The highest BCUT2D eigenvalue weighted by Crippen LogP contribution is 2.15. The van der Waals surface area contributed by atoms with Crippen molar-refractivity contribution < 1.29 is 4.79 Å². The molecule has 2 heterocycles. The van der Waals surface area contributed by atoms with E-state index in [0.29, 0.717) is 12.6 Å². The number of carbonyl (C=O) groups excluding carboxylic acids is 1. The molecule has 0 aromatic carbocycles. The summed E-state index contributed by atoms with van der Waals surface area (Å²) in [7, 11) is 5.57. The number of carbonyl (C=O) groups is 1. The van der Waals surface area contributed by atoms with E-state index in [0.717, 1.165) is 31.8 Å². The van der Waals surface area contributed by atoms with Gasteiger partial charge < -0.3 is 14.8 Å². The number of amides is 1. The highest BCUT2D eigenvalue weighted by atomic mass is 16.2. The maximum atomic E-state index is 11.7. The van der Waals surface area contributed by atoms with Gasteiger partial charge in [-0.25, -0.2) is 0 Å². The molecule has 2 rings (SSSR count). The van der Waals surface area contributed by atoms with Crippen LogP contribution in [0.4, 0.5) is 0 Å². The lowest BCUT2D eigenvalue weighted by Gasteiger charge is -2.33. The number of likely N-dealkylation sites (tertiary alicyclic amines) is 1. The quantitative estimate of drug-likeness (QED) is 0.829. The Morgan fingerprint density at radius 1 is 1.48 bits per heavy atom. The van der Waals surface area contributed by atoms with Gasteiger partial charge in [-0.15, -0.1) is 10.2 Å². The molecule has 1 amide bonds. The first kappa shape index (κ1) is 15.9. The van der Waals surface area contributed by atoms with E-state index in [2.05, 4.69) is 27.3 Å². The number of hydrogen-bond donors (Lipinski definition) is 1. The SMILES string of the molecule is CC(NC1CCN(CC(=O)N(C)C)CC1)c1nncn1C. The van der Waals surface area contributed by atoms with Crippen LogP contribution in [-0.2, 0) is 11.8 Å². The Labute approximate surface area is 126 Å². The van der Waals surface area contributed by atoms with Crippen LogP contribution < -0.4 is 5.32 Å². The Hall–Kier alpha value is -1.47. The van der Waals surface area contributed by atoms with Gasteiger partial charge in [-0.1, -0.05) is 0 Å². The highest BCUT2D eigenvalue weighted by molar-refractivity contribution is 5.77. The largest absolute Gasteiger partial charge is 0.348 e. The Morgan fingerprint density at radius 3 is 2.67 bits per heavy atom. The molecular weight excluding hydrogens is 268 g/mol. The second-order valence-corrected chi connectivity index (χ2v) is 6.03. The molecule has 0 spiro atoms. The van der Waals surface area contributed by atoms with Crippen LogP contribution >= 0.6 is 0 Å². The summed E-state index contributed by atoms with van der Waals surface area (Å²) in [6.07, 6.45) is 3.84. The van der Waals surface area contributed by atoms with Crippen molar-refractivity contribution in [1.82, 2.24) is 29.9 Å². The molecule has 0 saturated carbocycles. The molecule has 7 heteroatoms. The van der Waals surface area contributed by atoms with Crippen LogP contribution in [0.3, 0.4) is 0 Å². The molecule has 118 valence electrons. The lowest BCUT2D eigenvalue weighted by Crippen LogP contribution is -2.46. The zero-order valence-electron chi connectivity index (χ0n) is 13.4. The van der Waals surface area contributed by atoms with Crippen molar-refractivity contribution in [1.29, 1.82) is 0 Å². The number of rotatable bonds is 5. The van der Waals surface area contributed by atoms with Crippen LogP contribution in [0.15, 0.2) is 6.33 Å². The average Bonchev–Trinajstić information content (AvgIpc) is 2.87. The fraction of sp³-hybridized carbons (Fsp3) is 0.786. The van der Waals surface area contributed by atoms with E-state index in [-0.39, 0.29) is 11.9 Å². The Morgan fingerprint density at radius 2 is 2.14 bits per heavy atom. The maximum absolute atomic E-state index is 11.7. The summed E-state index contributed by atoms with van der Waals surface area (Å²) < 4.78 is 1.95. The van der Waals surface area contributed by atoms with Crippen LogP contribution in [0.5, 0.6) is 0 Å². The molecule has 1 saturated heterocycles. The third-order valence-electron chi connectivity index (χ3n) is 4.06. The molecule has 1 aromatic heterocycles. The number of aromatic nitrogens is 3. The van der Waals surface area contributed by atoms with Crippen LogP contribution in [0.2, 0.25) is 0 Å². The van der Waals surface area contributed by atoms with Gasteiger partial charge in [0.15, 0.2) is 0 Å². The van der Waals surface area contributed by atoms with Crippen LogP contribution in [0.1, 0.15) is 31.6 Å². The van der Waals surface area contributed by atoms with E-state index in [4.69, 9.17) is 0 Å². The van der Waals surface area contributed by atoms with Gasteiger partial charge in [-0.3, -0.25) is 9.69 Å². The van der Waals surface area contributed by atoms with Crippen LogP contribution in [-0.4, -0.2) is 70.2 Å². The van der Waals surface area contributed by atoms with Crippen molar-refractivity contribution in [3.05, 3.63) is 12.2 Å². The second-order valence-electron chi connectivity index (χ2n) is 6.03. The smallest absolute Gasteiger partial charge is 0.236 e. The first-order valence-corrected chi connectivity index (χ1v) is 7.50.